The highest BCUT2D eigenvalue weighted by atomic mass is 79.9. The fourth-order valence-electron chi connectivity index (χ4n) is 2.99. The molecule has 0 aliphatic heterocycles. The molecule has 0 unspecified atom stereocenters. The third kappa shape index (κ3) is 2.68. The minimum atomic E-state index is 0.602. The van der Waals surface area contributed by atoms with Crippen LogP contribution in [0.2, 0.25) is 0 Å². The maximum absolute atomic E-state index is 4.75. The van der Waals surface area contributed by atoms with Gasteiger partial charge in [0.25, 0.3) is 0 Å². The number of aromatic nitrogens is 4. The van der Waals surface area contributed by atoms with E-state index in [1.807, 2.05) is 11.6 Å². The van der Waals surface area contributed by atoms with Crippen molar-refractivity contribution >= 4 is 15.9 Å². The van der Waals surface area contributed by atoms with Gasteiger partial charge in [-0.1, -0.05) is 19.3 Å². The number of hydrogen-bond donors (Lipinski definition) is 0. The number of halogens is 1. The first-order chi connectivity index (χ1) is 9.65. The van der Waals surface area contributed by atoms with Crippen molar-refractivity contribution in [3.05, 3.63) is 33.8 Å². The van der Waals surface area contributed by atoms with E-state index in [9.17, 15) is 0 Å². The molecular weight excluding hydrogens is 316 g/mol. The topological polar surface area (TPSA) is 35.6 Å². The zero-order valence-electron chi connectivity index (χ0n) is 12.1. The molecule has 1 saturated carbocycles. The lowest BCUT2D eigenvalue weighted by atomic mass is 9.96. The van der Waals surface area contributed by atoms with Crippen molar-refractivity contribution in [3.63, 3.8) is 0 Å². The van der Waals surface area contributed by atoms with Crippen LogP contribution in [0.3, 0.4) is 0 Å². The Kier molecular flexibility index (Phi) is 3.96. The highest BCUT2D eigenvalue weighted by Gasteiger charge is 2.16. The lowest BCUT2D eigenvalue weighted by Crippen LogP contribution is -2.14. The minimum Gasteiger partial charge on any atom is -0.269 e. The van der Waals surface area contributed by atoms with Crippen molar-refractivity contribution in [3.8, 4) is 0 Å². The standard InChI is InChI=1S/C15H21BrN4/c1-11-15(16)12(2)20(17-11)10-13-8-9-19(18-13)14-6-4-3-5-7-14/h8-9,14H,3-7,10H2,1-2H3. The smallest absolute Gasteiger partial charge is 0.0853 e. The molecule has 1 aliphatic rings. The highest BCUT2D eigenvalue weighted by Crippen LogP contribution is 2.27. The third-order valence-corrected chi connectivity index (χ3v) is 5.36. The van der Waals surface area contributed by atoms with E-state index in [-0.39, 0.29) is 0 Å². The zero-order chi connectivity index (χ0) is 14.1. The van der Waals surface area contributed by atoms with Gasteiger partial charge in [-0.05, 0) is 48.7 Å². The van der Waals surface area contributed by atoms with E-state index in [4.69, 9.17) is 5.10 Å². The van der Waals surface area contributed by atoms with Gasteiger partial charge in [0.05, 0.1) is 34.1 Å². The van der Waals surface area contributed by atoms with E-state index in [0.717, 1.165) is 28.1 Å². The molecule has 2 heterocycles. The molecular formula is C15H21BrN4. The van der Waals surface area contributed by atoms with Gasteiger partial charge in [-0.15, -0.1) is 0 Å². The molecule has 3 rings (SSSR count). The van der Waals surface area contributed by atoms with Crippen molar-refractivity contribution in [1.82, 2.24) is 19.6 Å². The zero-order valence-corrected chi connectivity index (χ0v) is 13.7. The SMILES string of the molecule is Cc1nn(Cc2ccn(C3CCCCC3)n2)c(C)c1Br. The van der Waals surface area contributed by atoms with Crippen LogP contribution in [0.5, 0.6) is 0 Å². The maximum atomic E-state index is 4.75. The Morgan fingerprint density at radius 3 is 2.60 bits per heavy atom. The second-order valence-electron chi connectivity index (χ2n) is 5.72. The second kappa shape index (κ2) is 5.72. The molecule has 0 N–H and O–H groups in total. The Bertz CT molecular complexity index is 593. The van der Waals surface area contributed by atoms with Gasteiger partial charge in [0.2, 0.25) is 0 Å². The van der Waals surface area contributed by atoms with Crippen LogP contribution in [-0.4, -0.2) is 19.6 Å². The summed E-state index contributed by atoms with van der Waals surface area (Å²) in [6.45, 7) is 4.86. The maximum Gasteiger partial charge on any atom is 0.0853 e. The Balaban J connectivity index is 1.75. The fourth-order valence-corrected chi connectivity index (χ4v) is 3.28. The summed E-state index contributed by atoms with van der Waals surface area (Å²) >= 11 is 3.57. The second-order valence-corrected chi connectivity index (χ2v) is 6.51. The van der Waals surface area contributed by atoms with Crippen LogP contribution >= 0.6 is 15.9 Å². The molecule has 20 heavy (non-hydrogen) atoms. The van der Waals surface area contributed by atoms with Crippen LogP contribution in [0.1, 0.15) is 55.2 Å². The van der Waals surface area contributed by atoms with E-state index in [1.54, 1.807) is 0 Å². The first kappa shape index (κ1) is 13.9. The molecule has 0 aromatic carbocycles. The Labute approximate surface area is 128 Å². The summed E-state index contributed by atoms with van der Waals surface area (Å²) in [4.78, 5) is 0. The van der Waals surface area contributed by atoms with Crippen LogP contribution in [0.15, 0.2) is 16.7 Å². The van der Waals surface area contributed by atoms with Crippen LogP contribution in [0.4, 0.5) is 0 Å². The van der Waals surface area contributed by atoms with Gasteiger partial charge in [0.1, 0.15) is 0 Å². The van der Waals surface area contributed by atoms with Gasteiger partial charge < -0.3 is 0 Å². The fraction of sp³-hybridized carbons (Fsp3) is 0.600. The summed E-state index contributed by atoms with van der Waals surface area (Å²) in [5, 5.41) is 9.30. The van der Waals surface area contributed by atoms with Gasteiger partial charge in [-0.3, -0.25) is 9.36 Å². The highest BCUT2D eigenvalue weighted by molar-refractivity contribution is 9.10. The third-order valence-electron chi connectivity index (χ3n) is 4.22. The van der Waals surface area contributed by atoms with Crippen LogP contribution in [0.25, 0.3) is 0 Å². The van der Waals surface area contributed by atoms with Crippen LogP contribution in [0, 0.1) is 13.8 Å². The van der Waals surface area contributed by atoms with Gasteiger partial charge >= 0.3 is 0 Å². The molecule has 5 heteroatoms. The normalized spacial score (nSPS) is 16.8. The molecule has 2 aromatic heterocycles. The van der Waals surface area contributed by atoms with Crippen molar-refractivity contribution in [2.24, 2.45) is 0 Å². The molecule has 0 radical (unpaired) electrons. The number of hydrogen-bond acceptors (Lipinski definition) is 2. The number of nitrogens with zero attached hydrogens (tertiary/aromatic N) is 4. The monoisotopic (exact) mass is 336 g/mol. The summed E-state index contributed by atoms with van der Waals surface area (Å²) in [6.07, 6.45) is 8.73. The average Bonchev–Trinajstić information content (AvgIpc) is 3.02. The summed E-state index contributed by atoms with van der Waals surface area (Å²) in [7, 11) is 0. The van der Waals surface area contributed by atoms with E-state index in [1.165, 1.54) is 32.1 Å². The van der Waals surface area contributed by atoms with Crippen LogP contribution < -0.4 is 0 Å². The van der Waals surface area contributed by atoms with Crippen LogP contribution in [-0.2, 0) is 6.54 Å². The van der Waals surface area contributed by atoms with Crippen molar-refractivity contribution in [1.29, 1.82) is 0 Å². The molecule has 2 aromatic rings. The molecule has 0 spiro atoms. The molecule has 0 bridgehead atoms. The molecule has 1 aliphatic carbocycles. The summed E-state index contributed by atoms with van der Waals surface area (Å²) < 4.78 is 5.28. The van der Waals surface area contributed by atoms with Gasteiger partial charge in [-0.25, -0.2) is 0 Å². The number of rotatable bonds is 3. The number of aryl methyl sites for hydroxylation is 1. The largest absolute Gasteiger partial charge is 0.269 e. The van der Waals surface area contributed by atoms with Gasteiger partial charge in [-0.2, -0.15) is 10.2 Å². The molecule has 108 valence electrons. The van der Waals surface area contributed by atoms with E-state index in [2.05, 4.69) is 44.9 Å². The molecule has 4 nitrogen and oxygen atoms in total. The lowest BCUT2D eigenvalue weighted by molar-refractivity contribution is 0.327. The molecule has 1 fully saturated rings. The van der Waals surface area contributed by atoms with E-state index in [0.29, 0.717) is 6.04 Å². The Morgan fingerprint density at radius 1 is 1.20 bits per heavy atom. The Hall–Kier alpha value is -1.10. The summed E-state index contributed by atoms with van der Waals surface area (Å²) in [6, 6.07) is 2.73. The summed E-state index contributed by atoms with van der Waals surface area (Å²) in [5.74, 6) is 0. The predicted octanol–water partition coefficient (Wildman–Crippen LogP) is 4.01. The average molecular weight is 337 g/mol. The molecule has 0 atom stereocenters. The van der Waals surface area contributed by atoms with Crippen molar-refractivity contribution in [2.75, 3.05) is 0 Å². The van der Waals surface area contributed by atoms with Crippen molar-refractivity contribution < 1.29 is 0 Å². The quantitative estimate of drug-likeness (QED) is 0.848. The van der Waals surface area contributed by atoms with Gasteiger partial charge in [0.15, 0.2) is 0 Å². The first-order valence-electron chi connectivity index (χ1n) is 7.38. The van der Waals surface area contributed by atoms with Gasteiger partial charge in [0, 0.05) is 6.20 Å². The Morgan fingerprint density at radius 2 is 1.95 bits per heavy atom. The van der Waals surface area contributed by atoms with E-state index < -0.39 is 0 Å². The summed E-state index contributed by atoms with van der Waals surface area (Å²) in [5.41, 5.74) is 3.29. The molecule has 0 amide bonds. The lowest BCUT2D eigenvalue weighted by Gasteiger charge is -2.21. The minimum absolute atomic E-state index is 0.602. The van der Waals surface area contributed by atoms with E-state index >= 15 is 0 Å². The molecule has 0 saturated heterocycles. The predicted molar refractivity (Wildman–Crippen MR) is 82.9 cm³/mol. The van der Waals surface area contributed by atoms with Crippen molar-refractivity contribution in [2.45, 2.75) is 58.5 Å². The first-order valence-corrected chi connectivity index (χ1v) is 8.18.